The van der Waals surface area contributed by atoms with Crippen molar-refractivity contribution in [3.63, 3.8) is 0 Å². The highest BCUT2D eigenvalue weighted by molar-refractivity contribution is 7.93. The summed E-state index contributed by atoms with van der Waals surface area (Å²) in [6, 6.07) is 5.77. The van der Waals surface area contributed by atoms with Crippen LogP contribution < -0.4 is 15.4 Å². The Hall–Kier alpha value is -2.69. The maximum atomic E-state index is 12.8. The SMILES string of the molecule is CC(C)NC1=C(C(=N)c2cccc(OC(F)F)c2)OC[C@H](C(=O)NC2(C)CS(=O)(=O)C2)C1. The Bertz CT molecular complexity index is 1030. The zero-order valence-corrected chi connectivity index (χ0v) is 18.9. The Kier molecular flexibility index (Phi) is 6.77. The Morgan fingerprint density at radius 3 is 2.59 bits per heavy atom. The largest absolute Gasteiger partial charge is 0.489 e. The summed E-state index contributed by atoms with van der Waals surface area (Å²) in [6.45, 7) is 2.51. The third-order valence-corrected chi connectivity index (χ3v) is 7.22. The third kappa shape index (κ3) is 5.76. The molecule has 1 amide bonds. The van der Waals surface area contributed by atoms with E-state index in [1.807, 2.05) is 13.8 Å². The molecule has 32 heavy (non-hydrogen) atoms. The molecule has 11 heteroatoms. The van der Waals surface area contributed by atoms with Crippen molar-refractivity contribution in [2.75, 3.05) is 18.1 Å². The Balaban J connectivity index is 1.78. The van der Waals surface area contributed by atoms with Crippen molar-refractivity contribution in [1.29, 1.82) is 5.41 Å². The quantitative estimate of drug-likeness (QED) is 0.501. The maximum Gasteiger partial charge on any atom is 0.387 e. The lowest BCUT2D eigenvalue weighted by atomic mass is 9.95. The van der Waals surface area contributed by atoms with Gasteiger partial charge in [0.2, 0.25) is 5.91 Å². The molecule has 0 bridgehead atoms. The number of halogens is 2. The molecule has 0 radical (unpaired) electrons. The number of carbonyl (C=O) groups excluding carboxylic acids is 1. The zero-order chi connectivity index (χ0) is 23.7. The van der Waals surface area contributed by atoms with E-state index < -0.39 is 27.9 Å². The highest BCUT2D eigenvalue weighted by atomic mass is 32.2. The van der Waals surface area contributed by atoms with Gasteiger partial charge >= 0.3 is 6.61 Å². The van der Waals surface area contributed by atoms with Crippen molar-refractivity contribution >= 4 is 21.5 Å². The first-order chi connectivity index (χ1) is 14.9. The number of hydrogen-bond acceptors (Lipinski definition) is 7. The molecule has 0 unspecified atom stereocenters. The van der Waals surface area contributed by atoms with E-state index in [0.717, 1.165) is 0 Å². The molecule has 8 nitrogen and oxygen atoms in total. The van der Waals surface area contributed by atoms with Crippen molar-refractivity contribution in [2.24, 2.45) is 5.92 Å². The van der Waals surface area contributed by atoms with E-state index in [1.54, 1.807) is 13.0 Å². The number of ether oxygens (including phenoxy) is 2. The van der Waals surface area contributed by atoms with Crippen LogP contribution in [0.4, 0.5) is 8.78 Å². The van der Waals surface area contributed by atoms with Crippen LogP contribution in [0.25, 0.3) is 0 Å². The summed E-state index contributed by atoms with van der Waals surface area (Å²) in [7, 11) is -3.11. The van der Waals surface area contributed by atoms with Crippen LogP contribution in [0.1, 0.15) is 32.8 Å². The normalized spacial score (nSPS) is 21.5. The van der Waals surface area contributed by atoms with Gasteiger partial charge in [0.15, 0.2) is 15.6 Å². The van der Waals surface area contributed by atoms with E-state index in [9.17, 15) is 22.0 Å². The number of benzene rings is 1. The molecule has 0 aromatic heterocycles. The van der Waals surface area contributed by atoms with Crippen molar-refractivity contribution in [3.8, 4) is 5.75 Å². The lowest BCUT2D eigenvalue weighted by Gasteiger charge is -2.40. The van der Waals surface area contributed by atoms with Gasteiger partial charge in [0.1, 0.15) is 18.1 Å². The van der Waals surface area contributed by atoms with Crippen LogP contribution in [0.2, 0.25) is 0 Å². The highest BCUT2D eigenvalue weighted by Gasteiger charge is 2.46. The Morgan fingerprint density at radius 2 is 2.00 bits per heavy atom. The molecule has 1 fully saturated rings. The fraction of sp³-hybridized carbons (Fsp3) is 0.524. The van der Waals surface area contributed by atoms with Crippen LogP contribution in [0.15, 0.2) is 35.7 Å². The second-order valence-corrected chi connectivity index (χ2v) is 10.7. The molecule has 1 aromatic carbocycles. The Morgan fingerprint density at radius 1 is 1.31 bits per heavy atom. The minimum atomic E-state index is -3.11. The predicted octanol–water partition coefficient (Wildman–Crippen LogP) is 2.21. The summed E-state index contributed by atoms with van der Waals surface area (Å²) in [5.41, 5.74) is 0.0617. The second kappa shape index (κ2) is 9.05. The van der Waals surface area contributed by atoms with Gasteiger partial charge in [0.25, 0.3) is 0 Å². The first kappa shape index (κ1) is 24.0. The number of rotatable bonds is 8. The van der Waals surface area contributed by atoms with Crippen molar-refractivity contribution in [3.05, 3.63) is 41.3 Å². The Labute approximate surface area is 185 Å². The molecule has 0 spiro atoms. The molecule has 1 atom stereocenters. The number of allylic oxidation sites excluding steroid dienone is 2. The van der Waals surface area contributed by atoms with Crippen LogP contribution in [0, 0.1) is 11.3 Å². The van der Waals surface area contributed by atoms with Crippen LogP contribution in [-0.4, -0.2) is 56.3 Å². The summed E-state index contributed by atoms with van der Waals surface area (Å²) < 4.78 is 58.3. The fourth-order valence-corrected chi connectivity index (χ4v) is 5.89. The molecule has 1 saturated heterocycles. The summed E-state index contributed by atoms with van der Waals surface area (Å²) >= 11 is 0. The van der Waals surface area contributed by atoms with E-state index in [4.69, 9.17) is 10.1 Å². The highest BCUT2D eigenvalue weighted by Crippen LogP contribution is 2.29. The number of nitrogens with one attached hydrogen (secondary N) is 3. The van der Waals surface area contributed by atoms with Gasteiger partial charge in [-0.2, -0.15) is 8.78 Å². The lowest BCUT2D eigenvalue weighted by Crippen LogP contribution is -2.64. The molecule has 176 valence electrons. The molecular formula is C21H27F2N3O5S. The molecule has 2 heterocycles. The van der Waals surface area contributed by atoms with E-state index in [2.05, 4.69) is 15.4 Å². The van der Waals surface area contributed by atoms with Crippen LogP contribution in [0.3, 0.4) is 0 Å². The first-order valence-electron chi connectivity index (χ1n) is 10.2. The van der Waals surface area contributed by atoms with Gasteiger partial charge in [-0.05, 0) is 32.9 Å². The molecule has 3 N–H and O–H groups in total. The molecule has 2 aliphatic heterocycles. The topological polar surface area (TPSA) is 118 Å². The van der Waals surface area contributed by atoms with Crippen molar-refractivity contribution in [1.82, 2.24) is 10.6 Å². The number of carbonyl (C=O) groups is 1. The lowest BCUT2D eigenvalue weighted by molar-refractivity contribution is -0.128. The number of alkyl halides is 2. The van der Waals surface area contributed by atoms with Crippen LogP contribution in [0.5, 0.6) is 5.75 Å². The monoisotopic (exact) mass is 471 g/mol. The standard InChI is InChI=1S/C21H27F2N3O5S/c1-12(2)25-16-8-14(19(27)26-21(3)10-32(28,29)11-21)9-30-18(16)17(24)13-5-4-6-15(7-13)31-20(22)23/h4-7,12,14,20,24-25H,8-11H2,1-3H3,(H,26,27)/t14-/m1/s1. The second-order valence-electron chi connectivity index (χ2n) is 8.68. The van der Waals surface area contributed by atoms with E-state index in [1.165, 1.54) is 18.2 Å². The molecule has 3 rings (SSSR count). The predicted molar refractivity (Wildman–Crippen MR) is 114 cm³/mol. The van der Waals surface area contributed by atoms with E-state index in [0.29, 0.717) is 11.3 Å². The van der Waals surface area contributed by atoms with Gasteiger partial charge in [-0.3, -0.25) is 10.2 Å². The average molecular weight is 472 g/mol. The smallest absolute Gasteiger partial charge is 0.387 e. The first-order valence-corrected chi connectivity index (χ1v) is 12.0. The van der Waals surface area contributed by atoms with Crippen LogP contribution in [-0.2, 0) is 19.4 Å². The molecule has 2 aliphatic rings. The number of amides is 1. The van der Waals surface area contributed by atoms with Gasteiger partial charge in [0, 0.05) is 18.0 Å². The number of hydrogen-bond donors (Lipinski definition) is 3. The fourth-order valence-electron chi connectivity index (χ4n) is 3.89. The summed E-state index contributed by atoms with van der Waals surface area (Å²) in [5, 5.41) is 14.6. The summed E-state index contributed by atoms with van der Waals surface area (Å²) in [6.07, 6.45) is 0.262. The van der Waals surface area contributed by atoms with Gasteiger partial charge in [0.05, 0.1) is 28.7 Å². The van der Waals surface area contributed by atoms with Gasteiger partial charge in [-0.15, -0.1) is 0 Å². The maximum absolute atomic E-state index is 12.8. The molecule has 1 aromatic rings. The van der Waals surface area contributed by atoms with Crippen molar-refractivity contribution in [2.45, 2.75) is 45.4 Å². The van der Waals surface area contributed by atoms with Gasteiger partial charge in [-0.1, -0.05) is 12.1 Å². The van der Waals surface area contributed by atoms with Gasteiger partial charge < -0.3 is 20.1 Å². The zero-order valence-electron chi connectivity index (χ0n) is 18.1. The molecule has 0 aliphatic carbocycles. The van der Waals surface area contributed by atoms with Crippen LogP contribution >= 0.6 is 0 Å². The van der Waals surface area contributed by atoms with Crippen molar-refractivity contribution < 1.29 is 31.5 Å². The average Bonchev–Trinajstić information content (AvgIpc) is 2.64. The molecule has 0 saturated carbocycles. The summed E-state index contributed by atoms with van der Waals surface area (Å²) in [5.74, 6) is -0.921. The van der Waals surface area contributed by atoms with E-state index >= 15 is 0 Å². The minimum absolute atomic E-state index is 0.00285. The summed E-state index contributed by atoms with van der Waals surface area (Å²) in [4.78, 5) is 12.8. The van der Waals surface area contributed by atoms with E-state index in [-0.39, 0.29) is 53.7 Å². The number of sulfone groups is 1. The van der Waals surface area contributed by atoms with Gasteiger partial charge in [-0.25, -0.2) is 8.42 Å². The third-order valence-electron chi connectivity index (χ3n) is 5.06. The minimum Gasteiger partial charge on any atom is -0.489 e. The molecular weight excluding hydrogens is 444 g/mol.